The van der Waals surface area contributed by atoms with E-state index in [-0.39, 0.29) is 5.78 Å². The number of hydrogen-bond acceptors (Lipinski definition) is 2. The van der Waals surface area contributed by atoms with Crippen molar-refractivity contribution in [1.82, 2.24) is 4.90 Å². The van der Waals surface area contributed by atoms with Crippen molar-refractivity contribution < 1.29 is 4.79 Å². The molecule has 1 rings (SSSR count). The lowest BCUT2D eigenvalue weighted by molar-refractivity contribution is 0.0955. The van der Waals surface area contributed by atoms with Crippen molar-refractivity contribution in [3.63, 3.8) is 0 Å². The number of rotatable bonds is 7. The molecule has 0 spiro atoms. The van der Waals surface area contributed by atoms with Gasteiger partial charge in [-0.25, -0.2) is 0 Å². The van der Waals surface area contributed by atoms with E-state index in [9.17, 15) is 4.79 Å². The van der Waals surface area contributed by atoms with Gasteiger partial charge in [-0.05, 0) is 51.1 Å². The van der Waals surface area contributed by atoms with Crippen molar-refractivity contribution >= 4 is 17.4 Å². The molecular formula is C15H22ClNO. The Kier molecular flexibility index (Phi) is 6.37. The molecule has 0 aliphatic carbocycles. The number of benzene rings is 1. The van der Waals surface area contributed by atoms with Crippen LogP contribution in [0.25, 0.3) is 0 Å². The molecule has 0 bridgehead atoms. The maximum atomic E-state index is 12.0. The molecular weight excluding hydrogens is 246 g/mol. The third-order valence-corrected chi connectivity index (χ3v) is 3.29. The molecule has 0 aromatic heterocycles. The van der Waals surface area contributed by atoms with Crippen LogP contribution < -0.4 is 0 Å². The van der Waals surface area contributed by atoms with Gasteiger partial charge in [-0.3, -0.25) is 4.79 Å². The molecule has 0 N–H and O–H groups in total. The molecule has 0 unspecified atom stereocenters. The van der Waals surface area contributed by atoms with Crippen molar-refractivity contribution in [1.29, 1.82) is 0 Å². The lowest BCUT2D eigenvalue weighted by Crippen LogP contribution is -2.33. The molecule has 0 fully saturated rings. The van der Waals surface area contributed by atoms with Gasteiger partial charge in [0, 0.05) is 29.6 Å². The second-order valence-electron chi connectivity index (χ2n) is 4.81. The van der Waals surface area contributed by atoms with Crippen molar-refractivity contribution in [3.8, 4) is 0 Å². The van der Waals surface area contributed by atoms with Gasteiger partial charge in [0.25, 0.3) is 0 Å². The summed E-state index contributed by atoms with van der Waals surface area (Å²) in [6.45, 7) is 8.37. The molecule has 0 heterocycles. The molecule has 0 saturated carbocycles. The average molecular weight is 268 g/mol. The van der Waals surface area contributed by atoms with E-state index in [0.29, 0.717) is 17.5 Å². The number of ketones is 1. The summed E-state index contributed by atoms with van der Waals surface area (Å²) in [5.41, 5.74) is 0.750. The first-order valence-electron chi connectivity index (χ1n) is 6.57. The van der Waals surface area contributed by atoms with Gasteiger partial charge >= 0.3 is 0 Å². The Bertz CT molecular complexity index is 373. The Morgan fingerprint density at radius 2 is 1.83 bits per heavy atom. The van der Waals surface area contributed by atoms with Gasteiger partial charge in [-0.2, -0.15) is 0 Å². The Morgan fingerprint density at radius 1 is 1.22 bits per heavy atom. The van der Waals surface area contributed by atoms with E-state index in [2.05, 4.69) is 25.7 Å². The Balaban J connectivity index is 2.51. The third-order valence-electron chi connectivity index (χ3n) is 3.03. The number of hydrogen-bond donors (Lipinski definition) is 0. The van der Waals surface area contributed by atoms with E-state index in [1.165, 1.54) is 0 Å². The van der Waals surface area contributed by atoms with Gasteiger partial charge in [0.1, 0.15) is 0 Å². The fourth-order valence-electron chi connectivity index (χ4n) is 1.94. The predicted molar refractivity (Wildman–Crippen MR) is 77.4 cm³/mol. The molecule has 0 aliphatic heterocycles. The van der Waals surface area contributed by atoms with Gasteiger partial charge in [-0.15, -0.1) is 0 Å². The van der Waals surface area contributed by atoms with Crippen LogP contribution in [0.1, 0.15) is 44.0 Å². The number of nitrogens with zero attached hydrogens (tertiary/aromatic N) is 1. The first-order chi connectivity index (χ1) is 8.54. The maximum absolute atomic E-state index is 12.0. The normalized spacial score (nSPS) is 11.2. The molecule has 0 aliphatic rings. The van der Waals surface area contributed by atoms with Gasteiger partial charge < -0.3 is 4.90 Å². The second-order valence-corrected chi connectivity index (χ2v) is 5.25. The summed E-state index contributed by atoms with van der Waals surface area (Å²) in [7, 11) is 0. The highest BCUT2D eigenvalue weighted by atomic mass is 35.5. The number of carbonyl (C=O) groups is 1. The van der Waals surface area contributed by atoms with Crippen LogP contribution in [0, 0.1) is 0 Å². The van der Waals surface area contributed by atoms with Crippen LogP contribution in [-0.2, 0) is 0 Å². The summed E-state index contributed by atoms with van der Waals surface area (Å²) in [4.78, 5) is 14.4. The largest absolute Gasteiger partial charge is 0.300 e. The van der Waals surface area contributed by atoms with Crippen molar-refractivity contribution in [3.05, 3.63) is 34.9 Å². The first-order valence-corrected chi connectivity index (χ1v) is 6.95. The van der Waals surface area contributed by atoms with E-state index < -0.39 is 0 Å². The summed E-state index contributed by atoms with van der Waals surface area (Å²) in [6.07, 6.45) is 1.69. The quantitative estimate of drug-likeness (QED) is 0.695. The van der Waals surface area contributed by atoms with Crippen LogP contribution in [0.15, 0.2) is 24.3 Å². The molecule has 2 nitrogen and oxygen atoms in total. The van der Waals surface area contributed by atoms with Gasteiger partial charge in [0.05, 0.1) is 0 Å². The second kappa shape index (κ2) is 7.55. The lowest BCUT2D eigenvalue weighted by Gasteiger charge is -2.25. The highest BCUT2D eigenvalue weighted by Gasteiger charge is 2.11. The average Bonchev–Trinajstić information content (AvgIpc) is 2.34. The molecule has 3 heteroatoms. The topological polar surface area (TPSA) is 20.3 Å². The Labute approximate surface area is 115 Å². The van der Waals surface area contributed by atoms with E-state index in [1.807, 2.05) is 0 Å². The fourth-order valence-corrected chi connectivity index (χ4v) is 2.07. The fraction of sp³-hybridized carbons (Fsp3) is 0.533. The Hall–Kier alpha value is -0.860. The van der Waals surface area contributed by atoms with Crippen LogP contribution in [0.4, 0.5) is 0 Å². The summed E-state index contributed by atoms with van der Waals surface area (Å²) in [5, 5.41) is 0.668. The van der Waals surface area contributed by atoms with Crippen molar-refractivity contribution in [2.45, 2.75) is 39.7 Å². The standard InChI is InChI=1S/C15H22ClNO/c1-4-10-17(12(2)3)11-9-15(18)13-5-7-14(16)8-6-13/h5-8,12H,4,9-11H2,1-3H3. The summed E-state index contributed by atoms with van der Waals surface area (Å²) >= 11 is 5.81. The predicted octanol–water partition coefficient (Wildman–Crippen LogP) is 4.03. The van der Waals surface area contributed by atoms with E-state index >= 15 is 0 Å². The minimum Gasteiger partial charge on any atom is -0.300 e. The van der Waals surface area contributed by atoms with Gasteiger partial charge in [0.2, 0.25) is 0 Å². The third kappa shape index (κ3) is 4.79. The lowest BCUT2D eigenvalue weighted by atomic mass is 10.1. The van der Waals surface area contributed by atoms with E-state index in [0.717, 1.165) is 25.1 Å². The number of carbonyl (C=O) groups excluding carboxylic acids is 1. The number of halogens is 1. The SMILES string of the molecule is CCCN(CCC(=O)c1ccc(Cl)cc1)C(C)C. The monoisotopic (exact) mass is 267 g/mol. The molecule has 100 valence electrons. The number of Topliss-reactive ketones (excluding diaryl/α,β-unsaturated/α-hetero) is 1. The zero-order chi connectivity index (χ0) is 13.5. The zero-order valence-electron chi connectivity index (χ0n) is 11.4. The first kappa shape index (κ1) is 15.2. The molecule has 18 heavy (non-hydrogen) atoms. The molecule has 0 saturated heterocycles. The van der Waals surface area contributed by atoms with Gasteiger partial charge in [-0.1, -0.05) is 18.5 Å². The molecule has 0 amide bonds. The van der Waals surface area contributed by atoms with Crippen molar-refractivity contribution in [2.24, 2.45) is 0 Å². The smallest absolute Gasteiger partial charge is 0.164 e. The summed E-state index contributed by atoms with van der Waals surface area (Å²) < 4.78 is 0. The molecule has 1 aromatic carbocycles. The highest BCUT2D eigenvalue weighted by Crippen LogP contribution is 2.12. The molecule has 0 atom stereocenters. The van der Waals surface area contributed by atoms with E-state index in [4.69, 9.17) is 11.6 Å². The van der Waals surface area contributed by atoms with Gasteiger partial charge in [0.15, 0.2) is 5.78 Å². The van der Waals surface area contributed by atoms with Crippen LogP contribution >= 0.6 is 11.6 Å². The van der Waals surface area contributed by atoms with Crippen LogP contribution in [-0.4, -0.2) is 29.8 Å². The van der Waals surface area contributed by atoms with Crippen LogP contribution in [0.2, 0.25) is 5.02 Å². The Morgan fingerprint density at radius 3 is 2.33 bits per heavy atom. The molecule has 0 radical (unpaired) electrons. The minimum absolute atomic E-state index is 0.188. The van der Waals surface area contributed by atoms with Crippen molar-refractivity contribution in [2.75, 3.05) is 13.1 Å². The van der Waals surface area contributed by atoms with E-state index in [1.54, 1.807) is 24.3 Å². The van der Waals surface area contributed by atoms with Crippen LogP contribution in [0.3, 0.4) is 0 Å². The maximum Gasteiger partial charge on any atom is 0.164 e. The summed E-state index contributed by atoms with van der Waals surface area (Å²) in [5.74, 6) is 0.188. The molecule has 1 aromatic rings. The highest BCUT2D eigenvalue weighted by molar-refractivity contribution is 6.30. The summed E-state index contributed by atoms with van der Waals surface area (Å²) in [6, 6.07) is 7.61. The van der Waals surface area contributed by atoms with Crippen LogP contribution in [0.5, 0.6) is 0 Å². The zero-order valence-corrected chi connectivity index (χ0v) is 12.2. The minimum atomic E-state index is 0.188.